The lowest BCUT2D eigenvalue weighted by atomic mass is 9.95. The molecular formula is C18H23N5O. The van der Waals surface area contributed by atoms with Gasteiger partial charge in [0.1, 0.15) is 11.5 Å². The maximum atomic E-state index is 12.6. The summed E-state index contributed by atoms with van der Waals surface area (Å²) in [6, 6.07) is 5.58. The summed E-state index contributed by atoms with van der Waals surface area (Å²) in [5, 5.41) is 0. The Morgan fingerprint density at radius 1 is 1.25 bits per heavy atom. The summed E-state index contributed by atoms with van der Waals surface area (Å²) in [4.78, 5) is 27.4. The van der Waals surface area contributed by atoms with E-state index >= 15 is 0 Å². The molecule has 2 aromatic rings. The van der Waals surface area contributed by atoms with E-state index in [4.69, 9.17) is 5.73 Å². The number of aryl methyl sites for hydroxylation is 1. The van der Waals surface area contributed by atoms with Gasteiger partial charge in [-0.15, -0.1) is 0 Å². The molecule has 1 unspecified atom stereocenters. The first-order valence-corrected chi connectivity index (χ1v) is 8.41. The molecule has 126 valence electrons. The van der Waals surface area contributed by atoms with E-state index in [2.05, 4.69) is 15.0 Å². The molecule has 0 bridgehead atoms. The van der Waals surface area contributed by atoms with Gasteiger partial charge in [-0.05, 0) is 50.7 Å². The van der Waals surface area contributed by atoms with Gasteiger partial charge in [-0.2, -0.15) is 0 Å². The molecule has 3 rings (SSSR count). The minimum absolute atomic E-state index is 0.0339. The maximum absolute atomic E-state index is 12.6. The van der Waals surface area contributed by atoms with Crippen molar-refractivity contribution in [2.24, 2.45) is 5.92 Å². The van der Waals surface area contributed by atoms with Gasteiger partial charge < -0.3 is 10.6 Å². The summed E-state index contributed by atoms with van der Waals surface area (Å²) < 4.78 is 0. The summed E-state index contributed by atoms with van der Waals surface area (Å²) in [5.74, 6) is 1.000. The largest absolute Gasteiger partial charge is 0.382 e. The molecule has 1 atom stereocenters. The molecule has 6 nitrogen and oxygen atoms in total. The first-order valence-electron chi connectivity index (χ1n) is 8.41. The van der Waals surface area contributed by atoms with Crippen molar-refractivity contribution in [3.8, 4) is 0 Å². The first-order chi connectivity index (χ1) is 11.6. The number of hydrogen-bond donors (Lipinski definition) is 1. The molecule has 1 fully saturated rings. The van der Waals surface area contributed by atoms with Gasteiger partial charge in [-0.1, -0.05) is 6.07 Å². The molecule has 6 heteroatoms. The van der Waals surface area contributed by atoms with Crippen molar-refractivity contribution in [2.45, 2.75) is 32.6 Å². The van der Waals surface area contributed by atoms with Crippen LogP contribution >= 0.6 is 0 Å². The highest BCUT2D eigenvalue weighted by atomic mass is 16.2. The molecule has 24 heavy (non-hydrogen) atoms. The highest BCUT2D eigenvalue weighted by molar-refractivity contribution is 5.92. The van der Waals surface area contributed by atoms with E-state index in [1.165, 1.54) is 0 Å². The number of hydrogen-bond acceptors (Lipinski definition) is 5. The minimum atomic E-state index is 0.0339. The second kappa shape index (κ2) is 7.38. The molecule has 1 aliphatic rings. The van der Waals surface area contributed by atoms with Gasteiger partial charge in [0, 0.05) is 18.8 Å². The van der Waals surface area contributed by atoms with Crippen LogP contribution in [0.15, 0.2) is 30.6 Å². The number of carbonyl (C=O) groups excluding carboxylic acids is 1. The van der Waals surface area contributed by atoms with Gasteiger partial charge in [0.2, 0.25) is 0 Å². The highest BCUT2D eigenvalue weighted by Crippen LogP contribution is 2.22. The number of nitrogen functional groups attached to an aromatic ring is 1. The SMILES string of the molecule is Cc1cccc(C(=O)N2CCCC(Cc3cnc(N)cn3)CC2)n1. The number of amides is 1. The topological polar surface area (TPSA) is 85.0 Å². The highest BCUT2D eigenvalue weighted by Gasteiger charge is 2.22. The molecule has 0 spiro atoms. The van der Waals surface area contributed by atoms with Gasteiger partial charge in [-0.25, -0.2) is 9.97 Å². The second-order valence-corrected chi connectivity index (χ2v) is 6.39. The lowest BCUT2D eigenvalue weighted by Gasteiger charge is -2.20. The van der Waals surface area contributed by atoms with Crippen LogP contribution in [0.3, 0.4) is 0 Å². The third-order valence-corrected chi connectivity index (χ3v) is 4.47. The third kappa shape index (κ3) is 4.07. The first kappa shape index (κ1) is 16.4. The van der Waals surface area contributed by atoms with Crippen LogP contribution in [0.25, 0.3) is 0 Å². The van der Waals surface area contributed by atoms with Gasteiger partial charge in [0.25, 0.3) is 5.91 Å². The smallest absolute Gasteiger partial charge is 0.272 e. The predicted octanol–water partition coefficient (Wildman–Crippen LogP) is 2.25. The third-order valence-electron chi connectivity index (χ3n) is 4.47. The molecule has 0 aromatic carbocycles. The summed E-state index contributed by atoms with van der Waals surface area (Å²) >= 11 is 0. The van der Waals surface area contributed by atoms with Crippen LogP contribution in [0.4, 0.5) is 5.82 Å². The number of pyridine rings is 1. The quantitative estimate of drug-likeness (QED) is 0.935. The van der Waals surface area contributed by atoms with E-state index in [0.717, 1.165) is 50.2 Å². The fourth-order valence-electron chi connectivity index (χ4n) is 3.16. The zero-order valence-corrected chi connectivity index (χ0v) is 14.0. The Hall–Kier alpha value is -2.50. The summed E-state index contributed by atoms with van der Waals surface area (Å²) in [7, 11) is 0. The summed E-state index contributed by atoms with van der Waals surface area (Å²) in [6.07, 6.45) is 7.31. The molecule has 1 saturated heterocycles. The number of nitrogens with two attached hydrogens (primary N) is 1. The Bertz CT molecular complexity index is 701. The Morgan fingerprint density at radius 3 is 2.88 bits per heavy atom. The fourth-order valence-corrected chi connectivity index (χ4v) is 3.16. The lowest BCUT2D eigenvalue weighted by molar-refractivity contribution is 0.0754. The van der Waals surface area contributed by atoms with E-state index in [1.807, 2.05) is 24.0 Å². The zero-order valence-electron chi connectivity index (χ0n) is 14.0. The van der Waals surface area contributed by atoms with E-state index in [1.54, 1.807) is 18.5 Å². The van der Waals surface area contributed by atoms with Crippen LogP contribution in [0.5, 0.6) is 0 Å². The molecule has 0 radical (unpaired) electrons. The predicted molar refractivity (Wildman–Crippen MR) is 92.4 cm³/mol. The maximum Gasteiger partial charge on any atom is 0.272 e. The standard InChI is InChI=1S/C18H23N5O/c1-13-4-2-6-16(22-13)18(24)23-8-3-5-14(7-9-23)10-15-11-21-17(19)12-20-15/h2,4,6,11-12,14H,3,5,7-10H2,1H3,(H2,19,21). The van der Waals surface area contributed by atoms with Gasteiger partial charge in [-0.3, -0.25) is 9.78 Å². The Labute approximate surface area is 142 Å². The molecule has 2 N–H and O–H groups in total. The average Bonchev–Trinajstić information content (AvgIpc) is 2.82. The van der Waals surface area contributed by atoms with Crippen molar-refractivity contribution < 1.29 is 4.79 Å². The normalized spacial score (nSPS) is 18.2. The van der Waals surface area contributed by atoms with E-state index in [9.17, 15) is 4.79 Å². The average molecular weight is 325 g/mol. The Morgan fingerprint density at radius 2 is 2.12 bits per heavy atom. The van der Waals surface area contributed by atoms with Crippen molar-refractivity contribution in [2.75, 3.05) is 18.8 Å². The van der Waals surface area contributed by atoms with Gasteiger partial charge >= 0.3 is 0 Å². The van der Waals surface area contributed by atoms with Crippen LogP contribution < -0.4 is 5.73 Å². The molecule has 3 heterocycles. The van der Waals surface area contributed by atoms with E-state index < -0.39 is 0 Å². The van der Waals surface area contributed by atoms with Crippen molar-refractivity contribution in [3.05, 3.63) is 47.7 Å². The number of rotatable bonds is 3. The van der Waals surface area contributed by atoms with Crippen molar-refractivity contribution >= 4 is 11.7 Å². The minimum Gasteiger partial charge on any atom is -0.382 e. The molecule has 1 amide bonds. The van der Waals surface area contributed by atoms with Crippen molar-refractivity contribution in [3.63, 3.8) is 0 Å². The molecule has 0 saturated carbocycles. The number of carbonyl (C=O) groups is 1. The molecular weight excluding hydrogens is 302 g/mol. The van der Waals surface area contributed by atoms with Crippen LogP contribution in [-0.4, -0.2) is 38.8 Å². The van der Waals surface area contributed by atoms with Gasteiger partial charge in [0.05, 0.1) is 18.1 Å². The van der Waals surface area contributed by atoms with Crippen molar-refractivity contribution in [1.82, 2.24) is 19.9 Å². The Kier molecular flexibility index (Phi) is 5.03. The van der Waals surface area contributed by atoms with E-state index in [0.29, 0.717) is 17.4 Å². The van der Waals surface area contributed by atoms with Crippen molar-refractivity contribution in [1.29, 1.82) is 0 Å². The second-order valence-electron chi connectivity index (χ2n) is 6.39. The number of aromatic nitrogens is 3. The van der Waals surface area contributed by atoms with Gasteiger partial charge in [0.15, 0.2) is 0 Å². The number of nitrogens with zero attached hydrogens (tertiary/aromatic N) is 4. The summed E-state index contributed by atoms with van der Waals surface area (Å²) in [6.45, 7) is 3.46. The fraction of sp³-hybridized carbons (Fsp3) is 0.444. The zero-order chi connectivity index (χ0) is 16.9. The molecule has 2 aromatic heterocycles. The van der Waals surface area contributed by atoms with Crippen LogP contribution in [-0.2, 0) is 6.42 Å². The summed E-state index contributed by atoms with van der Waals surface area (Å²) in [5.41, 5.74) is 7.96. The van der Waals surface area contributed by atoms with E-state index in [-0.39, 0.29) is 5.91 Å². The van der Waals surface area contributed by atoms with Crippen LogP contribution in [0.1, 0.15) is 41.1 Å². The molecule has 1 aliphatic heterocycles. The van der Waals surface area contributed by atoms with Crippen LogP contribution in [0.2, 0.25) is 0 Å². The Balaban J connectivity index is 1.60. The lowest BCUT2D eigenvalue weighted by Crippen LogP contribution is -2.32. The van der Waals surface area contributed by atoms with Crippen LogP contribution in [0, 0.1) is 12.8 Å². The number of anilines is 1. The monoisotopic (exact) mass is 325 g/mol. The number of likely N-dealkylation sites (tertiary alicyclic amines) is 1. The molecule has 0 aliphatic carbocycles.